The van der Waals surface area contributed by atoms with Gasteiger partial charge in [0.15, 0.2) is 6.04 Å². The Hall–Kier alpha value is -4.12. The fourth-order valence-corrected chi connectivity index (χ4v) is 6.43. The number of carbonyl (C=O) groups is 3. The molecule has 0 saturated heterocycles. The standard InChI is InChI=1S/C52H82NO10P/c1-3-5-7-9-11-13-15-17-19-21-23-24-26-28-30-32-34-36-38-40-42-44-51(56)61-45-48(54)46-62-64(59,60)63-47-49(52(57)58)53-50(55)43-41-39-37-35-33-31-29-27-25-22-20-18-16-14-12-10-8-6-4-2/h5-8,11-14,17-20,23-25,27-28,30-31,33,48-49,54H,3-4,9-10,15-16,21-22,26,29,32,34-47H2,1-2H3,(H,53,55)(H,57,58)(H,59,60)/b7-5-,8-6-,13-11-,14-12-,19-17-,20-18-,24-23-,27-25-,30-28-,33-31-. The zero-order valence-corrected chi connectivity index (χ0v) is 39.9. The summed E-state index contributed by atoms with van der Waals surface area (Å²) in [5, 5.41) is 21.9. The molecule has 11 nitrogen and oxygen atoms in total. The van der Waals surface area contributed by atoms with Crippen LogP contribution < -0.4 is 5.32 Å². The molecule has 0 aliphatic rings. The minimum absolute atomic E-state index is 0.0973. The summed E-state index contributed by atoms with van der Waals surface area (Å²) in [5.41, 5.74) is 0. The Balaban J connectivity index is 3.99. The van der Waals surface area contributed by atoms with Crippen LogP contribution in [0.2, 0.25) is 0 Å². The summed E-state index contributed by atoms with van der Waals surface area (Å²) in [5.74, 6) is -2.46. The Morgan fingerprint density at radius 2 is 0.859 bits per heavy atom. The number of hydrogen-bond donors (Lipinski definition) is 4. The number of allylic oxidation sites excluding steroid dienone is 20. The predicted octanol–water partition coefficient (Wildman–Crippen LogP) is 12.8. The maximum absolute atomic E-state index is 12.3. The number of carboxylic acids is 1. The minimum Gasteiger partial charge on any atom is -0.480 e. The van der Waals surface area contributed by atoms with Gasteiger partial charge in [-0.2, -0.15) is 0 Å². The zero-order chi connectivity index (χ0) is 47.0. The van der Waals surface area contributed by atoms with Crippen LogP contribution in [0.4, 0.5) is 0 Å². The first-order chi connectivity index (χ1) is 31.1. The molecule has 0 bridgehead atoms. The fraction of sp³-hybridized carbons (Fsp3) is 0.558. The number of nitrogens with one attached hydrogen (secondary N) is 1. The molecule has 3 atom stereocenters. The molecule has 1 amide bonds. The normalized spacial score (nSPS) is 14.7. The van der Waals surface area contributed by atoms with Crippen LogP contribution in [0.15, 0.2) is 122 Å². The van der Waals surface area contributed by atoms with Crippen molar-refractivity contribution in [1.29, 1.82) is 0 Å². The zero-order valence-electron chi connectivity index (χ0n) is 39.0. The van der Waals surface area contributed by atoms with Gasteiger partial charge in [-0.25, -0.2) is 9.36 Å². The van der Waals surface area contributed by atoms with Crippen LogP contribution in [0.1, 0.15) is 155 Å². The summed E-state index contributed by atoms with van der Waals surface area (Å²) in [4.78, 5) is 46.0. The monoisotopic (exact) mass is 912 g/mol. The molecule has 0 aromatic carbocycles. The van der Waals surface area contributed by atoms with E-state index in [2.05, 4.69) is 141 Å². The Kier molecular flexibility index (Phi) is 42.5. The number of hydrogen-bond acceptors (Lipinski definition) is 8. The summed E-state index contributed by atoms with van der Waals surface area (Å²) in [6, 6.07) is -1.58. The number of unbranched alkanes of at least 4 members (excludes halogenated alkanes) is 8. The summed E-state index contributed by atoms with van der Waals surface area (Å²) >= 11 is 0. The molecule has 64 heavy (non-hydrogen) atoms. The second kappa shape index (κ2) is 45.4. The van der Waals surface area contributed by atoms with E-state index >= 15 is 0 Å². The lowest BCUT2D eigenvalue weighted by Crippen LogP contribution is -2.43. The van der Waals surface area contributed by atoms with E-state index in [9.17, 15) is 34.1 Å². The van der Waals surface area contributed by atoms with Gasteiger partial charge in [0.2, 0.25) is 5.91 Å². The highest BCUT2D eigenvalue weighted by Crippen LogP contribution is 2.43. The van der Waals surface area contributed by atoms with Crippen molar-refractivity contribution in [3.05, 3.63) is 122 Å². The number of aliphatic hydroxyl groups excluding tert-OH is 1. The van der Waals surface area contributed by atoms with E-state index < -0.39 is 57.6 Å². The fourth-order valence-electron chi connectivity index (χ4n) is 5.66. The maximum atomic E-state index is 12.3. The number of carbonyl (C=O) groups excluding carboxylic acids is 2. The van der Waals surface area contributed by atoms with Gasteiger partial charge in [-0.15, -0.1) is 0 Å². The van der Waals surface area contributed by atoms with Crippen LogP contribution in [0.5, 0.6) is 0 Å². The number of phosphoric ester groups is 1. The molecule has 0 fully saturated rings. The SMILES string of the molecule is CC/C=C\C/C=C\C/C=C\C/C=C\C/C=C\CCCCCCCC(=O)OCC(O)COP(=O)(O)OCC(NC(=O)CCCCC/C=C\C/C=C\C/C=C\C/C=C\C/C=C\CC)C(=O)O. The number of amides is 1. The average Bonchev–Trinajstić information content (AvgIpc) is 3.27. The van der Waals surface area contributed by atoms with Crippen molar-refractivity contribution in [3.63, 3.8) is 0 Å². The first-order valence-electron chi connectivity index (χ1n) is 23.6. The third-order valence-electron chi connectivity index (χ3n) is 9.25. The van der Waals surface area contributed by atoms with E-state index in [-0.39, 0.29) is 12.8 Å². The van der Waals surface area contributed by atoms with E-state index in [1.807, 2.05) is 0 Å². The predicted molar refractivity (Wildman–Crippen MR) is 263 cm³/mol. The molecule has 0 heterocycles. The molecule has 360 valence electrons. The third kappa shape index (κ3) is 44.5. The summed E-state index contributed by atoms with van der Waals surface area (Å²) in [6.07, 6.45) is 60.7. The quantitative estimate of drug-likeness (QED) is 0.0200. The van der Waals surface area contributed by atoms with E-state index in [1.54, 1.807) is 0 Å². The first-order valence-corrected chi connectivity index (χ1v) is 25.1. The van der Waals surface area contributed by atoms with Crippen LogP contribution >= 0.6 is 7.82 Å². The minimum atomic E-state index is -4.78. The highest BCUT2D eigenvalue weighted by atomic mass is 31.2. The molecule has 0 aromatic rings. The van der Waals surface area contributed by atoms with Crippen molar-refractivity contribution in [3.8, 4) is 0 Å². The van der Waals surface area contributed by atoms with E-state index in [1.165, 1.54) is 0 Å². The van der Waals surface area contributed by atoms with Gasteiger partial charge in [0.1, 0.15) is 12.7 Å². The summed E-state index contributed by atoms with van der Waals surface area (Å²) in [6.45, 7) is 2.31. The van der Waals surface area contributed by atoms with Crippen molar-refractivity contribution < 1.29 is 47.8 Å². The van der Waals surface area contributed by atoms with E-state index in [0.717, 1.165) is 116 Å². The molecule has 0 radical (unpaired) electrons. The van der Waals surface area contributed by atoms with Crippen LogP contribution in [0.3, 0.4) is 0 Å². The van der Waals surface area contributed by atoms with Crippen molar-refractivity contribution in [2.24, 2.45) is 0 Å². The third-order valence-corrected chi connectivity index (χ3v) is 10.2. The van der Waals surface area contributed by atoms with Crippen LogP contribution in [0, 0.1) is 0 Å². The lowest BCUT2D eigenvalue weighted by atomic mass is 10.1. The van der Waals surface area contributed by atoms with Crippen molar-refractivity contribution in [2.45, 2.75) is 167 Å². The van der Waals surface area contributed by atoms with Gasteiger partial charge in [0, 0.05) is 12.8 Å². The molecule has 0 aliphatic carbocycles. The van der Waals surface area contributed by atoms with Crippen LogP contribution in [-0.4, -0.2) is 64.9 Å². The smallest absolute Gasteiger partial charge is 0.472 e. The van der Waals surface area contributed by atoms with E-state index in [0.29, 0.717) is 12.8 Å². The second-order valence-corrected chi connectivity index (χ2v) is 16.6. The Morgan fingerprint density at radius 1 is 0.500 bits per heavy atom. The van der Waals surface area contributed by atoms with Gasteiger partial charge < -0.3 is 25.2 Å². The number of phosphoric acid groups is 1. The lowest BCUT2D eigenvalue weighted by molar-refractivity contribution is -0.147. The topological polar surface area (TPSA) is 169 Å². The van der Waals surface area contributed by atoms with Gasteiger partial charge in [0.05, 0.1) is 13.2 Å². The van der Waals surface area contributed by atoms with Crippen LogP contribution in [0.25, 0.3) is 0 Å². The molecule has 0 spiro atoms. The molecule has 0 rings (SSSR count). The molecule has 0 saturated carbocycles. The number of ether oxygens (including phenoxy) is 1. The number of esters is 1. The van der Waals surface area contributed by atoms with Crippen molar-refractivity contribution >= 4 is 25.7 Å². The summed E-state index contributed by atoms with van der Waals surface area (Å²) < 4.78 is 26.9. The molecule has 3 unspecified atom stereocenters. The van der Waals surface area contributed by atoms with Gasteiger partial charge in [-0.05, 0) is 103 Å². The number of aliphatic hydroxyl groups is 1. The lowest BCUT2D eigenvalue weighted by Gasteiger charge is -2.18. The van der Waals surface area contributed by atoms with Crippen LogP contribution in [-0.2, 0) is 32.7 Å². The van der Waals surface area contributed by atoms with Crippen molar-refractivity contribution in [1.82, 2.24) is 5.32 Å². The largest absolute Gasteiger partial charge is 0.480 e. The van der Waals surface area contributed by atoms with Gasteiger partial charge in [0.25, 0.3) is 0 Å². The van der Waals surface area contributed by atoms with E-state index in [4.69, 9.17) is 13.8 Å². The summed E-state index contributed by atoms with van der Waals surface area (Å²) in [7, 11) is -4.78. The number of carboxylic acid groups (broad SMARTS) is 1. The second-order valence-electron chi connectivity index (χ2n) is 15.2. The molecular weight excluding hydrogens is 830 g/mol. The van der Waals surface area contributed by atoms with Gasteiger partial charge in [-0.3, -0.25) is 18.6 Å². The molecule has 0 aliphatic heterocycles. The maximum Gasteiger partial charge on any atom is 0.472 e. The number of aliphatic carboxylic acids is 1. The molecule has 4 N–H and O–H groups in total. The van der Waals surface area contributed by atoms with Gasteiger partial charge >= 0.3 is 19.8 Å². The van der Waals surface area contributed by atoms with Gasteiger partial charge in [-0.1, -0.05) is 161 Å². The highest BCUT2D eigenvalue weighted by molar-refractivity contribution is 7.47. The first kappa shape index (κ1) is 59.9. The molecule has 12 heteroatoms. The Morgan fingerprint density at radius 3 is 1.30 bits per heavy atom. The number of rotatable bonds is 42. The average molecular weight is 912 g/mol. The highest BCUT2D eigenvalue weighted by Gasteiger charge is 2.28. The Labute approximate surface area is 386 Å². The van der Waals surface area contributed by atoms with Crippen molar-refractivity contribution in [2.75, 3.05) is 19.8 Å². The Bertz CT molecular complexity index is 1540. The molecular formula is C52H82NO10P. The molecule has 0 aromatic heterocycles.